The predicted molar refractivity (Wildman–Crippen MR) is 226 cm³/mol. The first kappa shape index (κ1) is 42.2. The van der Waals surface area contributed by atoms with E-state index in [1.54, 1.807) is 11.9 Å². The first-order valence-corrected chi connectivity index (χ1v) is 22.1. The molecule has 52 heavy (non-hydrogen) atoms. The van der Waals surface area contributed by atoms with E-state index in [0.717, 1.165) is 63.6 Å². The highest BCUT2D eigenvalue weighted by Crippen LogP contribution is 2.31. The number of piperidine rings is 1. The van der Waals surface area contributed by atoms with Gasteiger partial charge in [0.05, 0.1) is 4.90 Å². The van der Waals surface area contributed by atoms with Gasteiger partial charge in [0.15, 0.2) is 0 Å². The number of nitrogens with zero attached hydrogens (tertiary/aromatic N) is 3. The maximum atomic E-state index is 13.4. The van der Waals surface area contributed by atoms with E-state index in [2.05, 4.69) is 118 Å². The lowest BCUT2D eigenvalue weighted by atomic mass is 10.1. The van der Waals surface area contributed by atoms with Crippen LogP contribution in [0.3, 0.4) is 0 Å². The standard InChI is InChI=1S/C24H34N2OS.C19H26N2S.C2H6/c1-3-15-25(16-4-2)18-23-11-8-12-24(17-23)28(27)26(20-22-13-14-22)19-21-9-6-5-7-10-21;1-3-8-17(9-4-1)15-20-22-19-11-7-10-18(14-19)16-21-12-5-2-6-13-21;1-2/h5-12,17,22H,3-4,13-16,18-20H2,1-2H3;3,7-11,14,20H,1-2,4-6,12-13,15-16H2;1-2H3. The van der Waals surface area contributed by atoms with Crippen molar-refractivity contribution in [2.75, 3.05) is 39.3 Å². The molecule has 1 atom stereocenters. The highest BCUT2D eigenvalue weighted by Gasteiger charge is 2.27. The Morgan fingerprint density at radius 2 is 1.52 bits per heavy atom. The molecule has 0 aromatic heterocycles. The van der Waals surface area contributed by atoms with Crippen molar-refractivity contribution in [2.24, 2.45) is 5.92 Å². The van der Waals surface area contributed by atoms with Gasteiger partial charge in [-0.25, -0.2) is 8.51 Å². The Morgan fingerprint density at radius 3 is 2.21 bits per heavy atom. The Labute approximate surface area is 324 Å². The van der Waals surface area contributed by atoms with Crippen molar-refractivity contribution in [3.05, 3.63) is 119 Å². The van der Waals surface area contributed by atoms with Gasteiger partial charge in [-0.05, 0) is 142 Å². The summed E-state index contributed by atoms with van der Waals surface area (Å²) in [4.78, 5) is 7.32. The Balaban J connectivity index is 0.000000228. The van der Waals surface area contributed by atoms with Crippen molar-refractivity contribution in [3.63, 3.8) is 0 Å². The molecule has 2 fully saturated rings. The molecule has 5 nitrogen and oxygen atoms in total. The summed E-state index contributed by atoms with van der Waals surface area (Å²) in [6.07, 6.45) is 18.2. The van der Waals surface area contributed by atoms with Crippen molar-refractivity contribution in [3.8, 4) is 0 Å². The first-order chi connectivity index (χ1) is 25.6. The van der Waals surface area contributed by atoms with Crippen molar-refractivity contribution in [1.29, 1.82) is 0 Å². The lowest BCUT2D eigenvalue weighted by Crippen LogP contribution is -2.29. The Morgan fingerprint density at radius 1 is 0.808 bits per heavy atom. The minimum absolute atomic E-state index is 0.709. The van der Waals surface area contributed by atoms with Crippen LogP contribution in [0.15, 0.2) is 112 Å². The zero-order chi connectivity index (χ0) is 36.8. The summed E-state index contributed by atoms with van der Waals surface area (Å²) < 4.78 is 19.1. The van der Waals surface area contributed by atoms with E-state index in [1.165, 1.54) is 85.2 Å². The molecule has 7 heteroatoms. The average Bonchev–Trinajstić information content (AvgIpc) is 4.01. The molecule has 0 bridgehead atoms. The highest BCUT2D eigenvalue weighted by molar-refractivity contribution is 7.97. The van der Waals surface area contributed by atoms with Crippen LogP contribution in [0.25, 0.3) is 0 Å². The van der Waals surface area contributed by atoms with Crippen LogP contribution in [-0.4, -0.2) is 57.6 Å². The third kappa shape index (κ3) is 15.8. The number of allylic oxidation sites excluding steroid dienone is 2. The van der Waals surface area contributed by atoms with E-state index >= 15 is 0 Å². The van der Waals surface area contributed by atoms with Crippen molar-refractivity contribution in [2.45, 2.75) is 115 Å². The maximum absolute atomic E-state index is 13.4. The molecule has 0 radical (unpaired) electrons. The molecule has 1 heterocycles. The molecule has 3 aromatic carbocycles. The van der Waals surface area contributed by atoms with E-state index in [1.807, 2.05) is 26.0 Å². The second-order valence-corrected chi connectivity index (χ2v) is 16.5. The first-order valence-electron chi connectivity index (χ1n) is 20.2. The van der Waals surface area contributed by atoms with Gasteiger partial charge >= 0.3 is 0 Å². The zero-order valence-electron chi connectivity index (χ0n) is 32.6. The fourth-order valence-electron chi connectivity index (χ4n) is 6.71. The third-order valence-electron chi connectivity index (χ3n) is 9.47. The summed E-state index contributed by atoms with van der Waals surface area (Å²) in [5, 5.41) is 0. The van der Waals surface area contributed by atoms with Crippen LogP contribution < -0.4 is 4.72 Å². The van der Waals surface area contributed by atoms with Crippen LogP contribution in [0.1, 0.15) is 102 Å². The maximum Gasteiger partial charge on any atom is 0.127 e. The van der Waals surface area contributed by atoms with Crippen molar-refractivity contribution < 1.29 is 4.21 Å². The molecule has 3 aliphatic rings. The second kappa shape index (κ2) is 24.7. The van der Waals surface area contributed by atoms with E-state index in [-0.39, 0.29) is 0 Å². The number of nitrogens with one attached hydrogen (secondary N) is 1. The van der Waals surface area contributed by atoms with Crippen LogP contribution in [0.5, 0.6) is 0 Å². The summed E-state index contributed by atoms with van der Waals surface area (Å²) in [6, 6.07) is 27.8. The molecular formula is C45H66N4OS2. The minimum Gasteiger partial charge on any atom is -0.299 e. The van der Waals surface area contributed by atoms with Gasteiger partial charge in [0.1, 0.15) is 11.0 Å². The van der Waals surface area contributed by atoms with Crippen LogP contribution in [0, 0.1) is 5.92 Å². The lowest BCUT2D eigenvalue weighted by molar-refractivity contribution is 0.221. The topological polar surface area (TPSA) is 38.8 Å². The molecule has 284 valence electrons. The molecule has 3 aromatic rings. The Hall–Kier alpha value is -2.52. The molecule has 6 rings (SSSR count). The lowest BCUT2D eigenvalue weighted by Gasteiger charge is -2.26. The molecule has 0 spiro atoms. The van der Waals surface area contributed by atoms with Gasteiger partial charge < -0.3 is 0 Å². The molecule has 1 aliphatic heterocycles. The van der Waals surface area contributed by atoms with Crippen LogP contribution in [0.2, 0.25) is 0 Å². The highest BCUT2D eigenvalue weighted by atomic mass is 32.2. The average molecular weight is 743 g/mol. The van der Waals surface area contributed by atoms with Crippen LogP contribution >= 0.6 is 11.9 Å². The molecule has 1 unspecified atom stereocenters. The van der Waals surface area contributed by atoms with Gasteiger partial charge in [0, 0.05) is 37.6 Å². The van der Waals surface area contributed by atoms with Gasteiger partial charge in [-0.2, -0.15) is 0 Å². The van der Waals surface area contributed by atoms with Gasteiger partial charge in [0.2, 0.25) is 0 Å². The quantitative estimate of drug-likeness (QED) is 0.131. The Bertz CT molecular complexity index is 1490. The molecule has 1 saturated carbocycles. The number of benzene rings is 3. The normalized spacial score (nSPS) is 16.5. The van der Waals surface area contributed by atoms with Crippen molar-refractivity contribution in [1.82, 2.24) is 18.8 Å². The fraction of sp³-hybridized carbons (Fsp3) is 0.511. The fourth-order valence-corrected chi connectivity index (χ4v) is 8.83. The largest absolute Gasteiger partial charge is 0.299 e. The van der Waals surface area contributed by atoms with Crippen LogP contribution in [0.4, 0.5) is 0 Å². The summed E-state index contributed by atoms with van der Waals surface area (Å²) in [6.45, 7) is 17.8. The summed E-state index contributed by atoms with van der Waals surface area (Å²) in [5.41, 5.74) is 5.33. The monoisotopic (exact) mass is 742 g/mol. The SMILES string of the molecule is C1=CC(CNSc2cccc(CN3CCCCC3)c2)=CCC1.CC.CCCN(CCC)Cc1cccc(S(=O)N(Cc2ccccc2)CC2CC2)c1. The number of hydrogen-bond donors (Lipinski definition) is 1. The van der Waals surface area contributed by atoms with Gasteiger partial charge in [0.25, 0.3) is 0 Å². The minimum atomic E-state index is -1.12. The summed E-state index contributed by atoms with van der Waals surface area (Å²) in [7, 11) is -1.12. The van der Waals surface area contributed by atoms with Crippen LogP contribution in [-0.2, 0) is 30.6 Å². The van der Waals surface area contributed by atoms with Crippen molar-refractivity contribution >= 4 is 22.9 Å². The smallest absolute Gasteiger partial charge is 0.127 e. The number of rotatable bonds is 18. The molecule has 1 N–H and O–H groups in total. The van der Waals surface area contributed by atoms with Gasteiger partial charge in [-0.3, -0.25) is 14.5 Å². The number of likely N-dealkylation sites (tertiary alicyclic amines) is 1. The second-order valence-electron chi connectivity index (χ2n) is 14.1. The summed E-state index contributed by atoms with van der Waals surface area (Å²) >= 11 is 1.75. The number of hydrogen-bond acceptors (Lipinski definition) is 5. The third-order valence-corrected chi connectivity index (χ3v) is 11.7. The molecule has 0 amide bonds. The van der Waals surface area contributed by atoms with E-state index in [4.69, 9.17) is 0 Å². The molecule has 2 aliphatic carbocycles. The van der Waals surface area contributed by atoms with E-state index < -0.39 is 11.0 Å². The zero-order valence-corrected chi connectivity index (χ0v) is 34.2. The summed E-state index contributed by atoms with van der Waals surface area (Å²) in [5.74, 6) is 0.709. The van der Waals surface area contributed by atoms with E-state index in [9.17, 15) is 4.21 Å². The molecular weight excluding hydrogens is 677 g/mol. The molecule has 1 saturated heterocycles. The van der Waals surface area contributed by atoms with Gasteiger partial charge in [-0.15, -0.1) is 0 Å². The van der Waals surface area contributed by atoms with Gasteiger partial charge in [-0.1, -0.05) is 107 Å². The Kier molecular flexibility index (Phi) is 20.1. The predicted octanol–water partition coefficient (Wildman–Crippen LogP) is 10.8. The van der Waals surface area contributed by atoms with E-state index in [0.29, 0.717) is 5.92 Å².